The lowest BCUT2D eigenvalue weighted by Gasteiger charge is -2.48. The van der Waals surface area contributed by atoms with Gasteiger partial charge in [-0.3, -0.25) is 0 Å². The van der Waals surface area contributed by atoms with E-state index in [9.17, 15) is 0 Å². The molecule has 1 aromatic heterocycles. The fourth-order valence-corrected chi connectivity index (χ4v) is 11.8. The van der Waals surface area contributed by atoms with Gasteiger partial charge in [0.2, 0.25) is 0 Å². The van der Waals surface area contributed by atoms with Gasteiger partial charge in [-0.25, -0.2) is 0 Å². The van der Waals surface area contributed by atoms with Gasteiger partial charge in [-0.1, -0.05) is 131 Å². The molecular weight excluding hydrogens is 739 g/mol. The largest absolute Gasteiger partial charge is 0.456 e. The number of anilines is 6. The van der Waals surface area contributed by atoms with Crippen LogP contribution in [0.3, 0.4) is 0 Å². The van der Waals surface area contributed by atoms with Crippen molar-refractivity contribution in [1.82, 2.24) is 0 Å². The molecule has 0 bridgehead atoms. The molecule has 4 aliphatic rings. The Labute approximate surface area is 364 Å². The van der Waals surface area contributed by atoms with Crippen LogP contribution in [0.15, 0.2) is 108 Å². The Kier molecular flexibility index (Phi) is 7.90. The lowest BCUT2D eigenvalue weighted by atomic mass is 9.33. The Morgan fingerprint density at radius 2 is 1.11 bits per heavy atom. The first-order chi connectivity index (χ1) is 28.8. The van der Waals surface area contributed by atoms with Gasteiger partial charge in [-0.2, -0.15) is 0 Å². The standard InChI is InChI=1S/C57H61BN2O/c1-34-17-13-15-19-44(34)60-47-30-35(53(2,3)4)29-46-51(47)58(42-23-24-49-50(52(42)60)37-18-14-16-20-48(37)61-49)43-32-40-41(57(11,12)28-27-56(40,9)10)33-45(43)59(46)36-21-22-38-39(31-36)55(7,8)26-25-54(38,5)6/h13-24,29-33H,25-28H2,1-12H3. The van der Waals surface area contributed by atoms with Crippen LogP contribution in [0.4, 0.5) is 34.1 Å². The molecule has 0 saturated heterocycles. The van der Waals surface area contributed by atoms with Gasteiger partial charge in [0.25, 0.3) is 6.71 Å². The molecule has 0 atom stereocenters. The molecule has 7 aromatic rings. The molecule has 0 N–H and O–H groups in total. The number of furan rings is 1. The summed E-state index contributed by atoms with van der Waals surface area (Å²) in [6, 6.07) is 40.2. The number of rotatable bonds is 2. The molecule has 4 heteroatoms. The molecule has 6 aromatic carbocycles. The quantitative estimate of drug-likeness (QED) is 0.162. The molecule has 2 aliphatic heterocycles. The summed E-state index contributed by atoms with van der Waals surface area (Å²) in [6.45, 7) is 29.1. The van der Waals surface area contributed by atoms with Gasteiger partial charge >= 0.3 is 0 Å². The molecule has 3 nitrogen and oxygen atoms in total. The van der Waals surface area contributed by atoms with Crippen LogP contribution in [-0.2, 0) is 27.1 Å². The van der Waals surface area contributed by atoms with Crippen molar-refractivity contribution in [3.63, 3.8) is 0 Å². The second kappa shape index (κ2) is 12.5. The van der Waals surface area contributed by atoms with Crippen molar-refractivity contribution < 1.29 is 4.42 Å². The first-order valence-electron chi connectivity index (χ1n) is 22.9. The zero-order valence-electron chi connectivity index (χ0n) is 38.5. The summed E-state index contributed by atoms with van der Waals surface area (Å²) < 4.78 is 6.72. The molecule has 0 amide bonds. The first-order valence-corrected chi connectivity index (χ1v) is 22.9. The van der Waals surface area contributed by atoms with E-state index in [2.05, 4.69) is 196 Å². The number of benzene rings is 6. The monoisotopic (exact) mass is 800 g/mol. The normalized spacial score (nSPS) is 19.0. The maximum absolute atomic E-state index is 6.72. The van der Waals surface area contributed by atoms with Crippen LogP contribution in [0, 0.1) is 6.92 Å². The van der Waals surface area contributed by atoms with E-state index in [0.717, 1.165) is 16.6 Å². The summed E-state index contributed by atoms with van der Waals surface area (Å²) in [5, 5.41) is 2.35. The van der Waals surface area contributed by atoms with E-state index >= 15 is 0 Å². The predicted molar refractivity (Wildman–Crippen MR) is 262 cm³/mol. The Bertz CT molecular complexity index is 3010. The second-order valence-electron chi connectivity index (χ2n) is 22.8. The van der Waals surface area contributed by atoms with Crippen LogP contribution >= 0.6 is 0 Å². The van der Waals surface area contributed by atoms with Gasteiger partial charge in [0.05, 0.1) is 11.1 Å². The lowest BCUT2D eigenvalue weighted by Crippen LogP contribution is -2.62. The van der Waals surface area contributed by atoms with E-state index in [1.54, 1.807) is 0 Å². The molecule has 0 saturated carbocycles. The van der Waals surface area contributed by atoms with E-state index in [4.69, 9.17) is 4.42 Å². The van der Waals surface area contributed by atoms with Gasteiger partial charge in [0.1, 0.15) is 11.2 Å². The fraction of sp³-hybridized carbons (Fsp3) is 0.368. The number of aryl methyl sites for hydroxylation is 1. The number of hydrogen-bond acceptors (Lipinski definition) is 3. The van der Waals surface area contributed by atoms with E-state index in [1.165, 1.54) is 115 Å². The maximum atomic E-state index is 6.72. The number of nitrogens with zero attached hydrogens (tertiary/aromatic N) is 2. The van der Waals surface area contributed by atoms with Crippen molar-refractivity contribution in [2.45, 2.75) is 136 Å². The summed E-state index contributed by atoms with van der Waals surface area (Å²) in [5.41, 5.74) is 22.3. The molecule has 308 valence electrons. The Hall–Kier alpha value is -5.22. The van der Waals surface area contributed by atoms with Crippen LogP contribution in [0.2, 0.25) is 0 Å². The van der Waals surface area contributed by atoms with Crippen molar-refractivity contribution in [2.24, 2.45) is 0 Å². The minimum Gasteiger partial charge on any atom is -0.456 e. The van der Waals surface area contributed by atoms with Gasteiger partial charge in [0, 0.05) is 33.8 Å². The maximum Gasteiger partial charge on any atom is 0.252 e. The highest BCUT2D eigenvalue weighted by molar-refractivity contribution is 7.00. The molecule has 0 radical (unpaired) electrons. The predicted octanol–water partition coefficient (Wildman–Crippen LogP) is 14.0. The van der Waals surface area contributed by atoms with Gasteiger partial charge in [-0.15, -0.1) is 0 Å². The molecular formula is C57H61BN2O. The zero-order valence-corrected chi connectivity index (χ0v) is 38.5. The third-order valence-corrected chi connectivity index (χ3v) is 15.9. The molecule has 0 fully saturated rings. The molecule has 0 unspecified atom stereocenters. The van der Waals surface area contributed by atoms with Crippen molar-refractivity contribution >= 4 is 79.2 Å². The van der Waals surface area contributed by atoms with Crippen LogP contribution in [0.1, 0.15) is 135 Å². The molecule has 11 rings (SSSR count). The summed E-state index contributed by atoms with van der Waals surface area (Å²) in [6.07, 6.45) is 4.73. The highest BCUT2D eigenvalue weighted by Crippen LogP contribution is 2.54. The Morgan fingerprint density at radius 3 is 1.79 bits per heavy atom. The second-order valence-corrected chi connectivity index (χ2v) is 22.8. The summed E-state index contributed by atoms with van der Waals surface area (Å²) in [5.74, 6) is 0. The Morgan fingerprint density at radius 1 is 0.525 bits per heavy atom. The smallest absolute Gasteiger partial charge is 0.252 e. The zero-order chi connectivity index (χ0) is 42.8. The van der Waals surface area contributed by atoms with E-state index in [1.807, 2.05) is 0 Å². The van der Waals surface area contributed by atoms with Crippen molar-refractivity contribution in [3.05, 3.63) is 137 Å². The van der Waals surface area contributed by atoms with Crippen LogP contribution < -0.4 is 26.2 Å². The minimum absolute atomic E-state index is 0.0118. The summed E-state index contributed by atoms with van der Waals surface area (Å²) >= 11 is 0. The fourth-order valence-electron chi connectivity index (χ4n) is 11.8. The molecule has 0 spiro atoms. The van der Waals surface area contributed by atoms with Crippen molar-refractivity contribution in [1.29, 1.82) is 0 Å². The van der Waals surface area contributed by atoms with Gasteiger partial charge in [0.15, 0.2) is 0 Å². The number of fused-ring (bicyclic) bond motifs is 10. The summed E-state index contributed by atoms with van der Waals surface area (Å²) in [7, 11) is 0. The summed E-state index contributed by atoms with van der Waals surface area (Å²) in [4.78, 5) is 5.31. The third-order valence-electron chi connectivity index (χ3n) is 15.9. The van der Waals surface area contributed by atoms with Crippen molar-refractivity contribution in [2.75, 3.05) is 9.80 Å². The van der Waals surface area contributed by atoms with Gasteiger partial charge < -0.3 is 14.2 Å². The SMILES string of the molecule is Cc1ccccc1N1c2cc(C(C)(C)C)cc3c2B(c2cc4c(cc2N3c2ccc3c(c2)C(C)(C)CCC3(C)C)C(C)(C)CCC4(C)C)c2ccc3oc4ccccc4c3c21. The van der Waals surface area contributed by atoms with Gasteiger partial charge in [-0.05, 0) is 158 Å². The highest BCUT2D eigenvalue weighted by Gasteiger charge is 2.48. The lowest BCUT2D eigenvalue weighted by molar-refractivity contribution is 0.332. The number of hydrogen-bond donors (Lipinski definition) is 0. The molecule has 2 aliphatic carbocycles. The van der Waals surface area contributed by atoms with Crippen LogP contribution in [0.5, 0.6) is 0 Å². The average molecular weight is 801 g/mol. The minimum atomic E-state index is -0.108. The van der Waals surface area contributed by atoms with Crippen molar-refractivity contribution in [3.8, 4) is 0 Å². The van der Waals surface area contributed by atoms with E-state index in [0.29, 0.717) is 0 Å². The Balaban J connectivity index is 1.32. The highest BCUT2D eigenvalue weighted by atomic mass is 16.3. The van der Waals surface area contributed by atoms with E-state index < -0.39 is 0 Å². The average Bonchev–Trinajstić information content (AvgIpc) is 3.60. The van der Waals surface area contributed by atoms with Crippen LogP contribution in [0.25, 0.3) is 21.9 Å². The van der Waals surface area contributed by atoms with E-state index in [-0.39, 0.29) is 33.8 Å². The number of para-hydroxylation sites is 2. The van der Waals surface area contributed by atoms with Crippen LogP contribution in [-0.4, -0.2) is 6.71 Å². The molecule has 3 heterocycles. The first kappa shape index (κ1) is 38.7. The third kappa shape index (κ3) is 5.49. The topological polar surface area (TPSA) is 19.6 Å². The molecule has 61 heavy (non-hydrogen) atoms.